The summed E-state index contributed by atoms with van der Waals surface area (Å²) in [6.07, 6.45) is 4.68. The summed E-state index contributed by atoms with van der Waals surface area (Å²) in [4.78, 5) is 25.3. The third-order valence-corrected chi connectivity index (χ3v) is 4.05. The number of methoxy groups -OCH3 is 1. The topological polar surface area (TPSA) is 81.4 Å². The van der Waals surface area contributed by atoms with Gasteiger partial charge < -0.3 is 14.5 Å². The first kappa shape index (κ1) is 17.0. The number of benzene rings is 1. The third kappa shape index (κ3) is 2.97. The second kappa shape index (κ2) is 6.35. The van der Waals surface area contributed by atoms with Crippen molar-refractivity contribution in [2.24, 2.45) is 0 Å². The fraction of sp³-hybridized carbons (Fsp3) is 0.111. The van der Waals surface area contributed by atoms with Gasteiger partial charge in [-0.1, -0.05) is 11.5 Å². The van der Waals surface area contributed by atoms with E-state index in [2.05, 4.69) is 20.3 Å². The summed E-state index contributed by atoms with van der Waals surface area (Å²) < 4.78 is 20.8. The van der Waals surface area contributed by atoms with Gasteiger partial charge in [-0.15, -0.1) is 0 Å². The maximum Gasteiger partial charge on any atom is 0.257 e. The van der Waals surface area contributed by atoms with Crippen LogP contribution in [0.25, 0.3) is 16.7 Å². The fourth-order valence-electron chi connectivity index (χ4n) is 2.83. The molecule has 4 rings (SSSR count). The minimum Gasteiger partial charge on any atom is -0.480 e. The number of hydrogen-bond donors (Lipinski definition) is 1. The van der Waals surface area contributed by atoms with E-state index in [9.17, 15) is 9.18 Å². The number of anilines is 1. The highest BCUT2D eigenvalue weighted by Gasteiger charge is 2.16. The number of pyridine rings is 1. The Kier molecular flexibility index (Phi) is 3.99. The summed E-state index contributed by atoms with van der Waals surface area (Å²) in [5.41, 5.74) is 2.46. The van der Waals surface area contributed by atoms with Crippen LogP contribution in [0.1, 0.15) is 16.1 Å². The van der Waals surface area contributed by atoms with Gasteiger partial charge in [0.25, 0.3) is 5.91 Å². The van der Waals surface area contributed by atoms with Crippen LogP contribution in [0, 0.1) is 12.7 Å². The number of ether oxygens (including phenoxy) is 1. The van der Waals surface area contributed by atoms with Gasteiger partial charge >= 0.3 is 0 Å². The third-order valence-electron chi connectivity index (χ3n) is 4.05. The first-order valence-corrected chi connectivity index (χ1v) is 8.01. The summed E-state index contributed by atoms with van der Waals surface area (Å²) >= 11 is 0. The number of rotatable bonds is 3. The number of aromatic nitrogens is 4. The van der Waals surface area contributed by atoms with Crippen LogP contribution in [0.5, 0.6) is 5.88 Å². The zero-order valence-corrected chi connectivity index (χ0v) is 14.5. The average Bonchev–Trinajstić information content (AvgIpc) is 3.02. The number of fused-ring (bicyclic) bond motifs is 2. The molecule has 132 valence electrons. The molecular formula is C18H13BFN5O2. The lowest BCUT2D eigenvalue weighted by Crippen LogP contribution is -2.17. The second-order valence-electron chi connectivity index (χ2n) is 5.96. The van der Waals surface area contributed by atoms with Crippen LogP contribution in [0.15, 0.2) is 36.8 Å². The largest absolute Gasteiger partial charge is 0.480 e. The molecular weight excluding hydrogens is 348 g/mol. The molecule has 0 bridgehead atoms. The maximum absolute atomic E-state index is 14.2. The Hall–Kier alpha value is -3.49. The minimum atomic E-state index is -0.537. The highest BCUT2D eigenvalue weighted by Crippen LogP contribution is 2.20. The van der Waals surface area contributed by atoms with E-state index in [1.807, 2.05) is 0 Å². The zero-order valence-electron chi connectivity index (χ0n) is 14.5. The smallest absolute Gasteiger partial charge is 0.257 e. The molecule has 0 fully saturated rings. The van der Waals surface area contributed by atoms with Gasteiger partial charge in [-0.25, -0.2) is 19.3 Å². The van der Waals surface area contributed by atoms with Crippen molar-refractivity contribution in [1.82, 2.24) is 19.4 Å². The van der Waals surface area contributed by atoms with Crippen molar-refractivity contribution in [3.8, 4) is 5.88 Å². The lowest BCUT2D eigenvalue weighted by Gasteiger charge is -2.10. The molecule has 0 saturated heterocycles. The number of hydrogen-bond acceptors (Lipinski definition) is 5. The summed E-state index contributed by atoms with van der Waals surface area (Å²) in [6, 6.07) is 4.32. The van der Waals surface area contributed by atoms with Crippen LogP contribution >= 0.6 is 0 Å². The Labute approximate surface area is 154 Å². The number of aryl methyl sites for hydroxylation is 1. The quantitative estimate of drug-likeness (QED) is 0.563. The van der Waals surface area contributed by atoms with Crippen LogP contribution in [0.4, 0.5) is 10.1 Å². The second-order valence-corrected chi connectivity index (χ2v) is 5.96. The molecule has 1 amide bonds. The maximum atomic E-state index is 14.2. The van der Waals surface area contributed by atoms with E-state index in [1.165, 1.54) is 29.8 Å². The first-order chi connectivity index (χ1) is 13.0. The van der Waals surface area contributed by atoms with Gasteiger partial charge in [0.1, 0.15) is 13.4 Å². The summed E-state index contributed by atoms with van der Waals surface area (Å²) in [5, 5.41) is 2.67. The van der Waals surface area contributed by atoms with E-state index >= 15 is 0 Å². The molecule has 3 aromatic heterocycles. The molecule has 0 unspecified atom stereocenters. The molecule has 0 aliphatic rings. The van der Waals surface area contributed by atoms with Crippen LogP contribution in [0.2, 0.25) is 0 Å². The summed E-state index contributed by atoms with van der Waals surface area (Å²) in [7, 11) is 7.37. The number of halogens is 1. The van der Waals surface area contributed by atoms with E-state index in [0.29, 0.717) is 22.2 Å². The van der Waals surface area contributed by atoms with Gasteiger partial charge in [-0.05, 0) is 13.0 Å². The number of carbonyl (C=O) groups is 1. The highest BCUT2D eigenvalue weighted by atomic mass is 19.1. The number of amides is 1. The van der Waals surface area contributed by atoms with Gasteiger partial charge in [0.2, 0.25) is 5.88 Å². The molecule has 0 aliphatic carbocycles. The van der Waals surface area contributed by atoms with Crippen molar-refractivity contribution in [3.05, 3.63) is 53.9 Å². The van der Waals surface area contributed by atoms with E-state index < -0.39 is 11.7 Å². The summed E-state index contributed by atoms with van der Waals surface area (Å²) in [6.45, 7) is 1.76. The van der Waals surface area contributed by atoms with Crippen LogP contribution < -0.4 is 15.5 Å². The van der Waals surface area contributed by atoms with Crippen molar-refractivity contribution in [2.45, 2.75) is 6.92 Å². The van der Waals surface area contributed by atoms with Crippen molar-refractivity contribution in [2.75, 3.05) is 12.4 Å². The Balaban J connectivity index is 1.76. The predicted octanol–water partition coefficient (Wildman–Crippen LogP) is 1.78. The Morgan fingerprint density at radius 3 is 2.85 bits per heavy atom. The minimum absolute atomic E-state index is 0.194. The van der Waals surface area contributed by atoms with Gasteiger partial charge in [-0.2, -0.15) is 0 Å². The van der Waals surface area contributed by atoms with Crippen LogP contribution in [0.3, 0.4) is 0 Å². The summed E-state index contributed by atoms with van der Waals surface area (Å²) in [5.74, 6) is -0.758. The lowest BCUT2D eigenvalue weighted by molar-refractivity contribution is 0.102. The van der Waals surface area contributed by atoms with E-state index in [1.54, 1.807) is 25.4 Å². The molecule has 0 atom stereocenters. The fourth-order valence-corrected chi connectivity index (χ4v) is 2.83. The normalized spacial score (nSPS) is 11.1. The Bertz CT molecular complexity index is 1210. The molecule has 9 heteroatoms. The Morgan fingerprint density at radius 1 is 1.26 bits per heavy atom. The van der Waals surface area contributed by atoms with Crippen molar-refractivity contribution >= 4 is 41.6 Å². The molecule has 1 aromatic carbocycles. The molecule has 7 nitrogen and oxygen atoms in total. The van der Waals surface area contributed by atoms with Gasteiger partial charge in [-0.3, -0.25) is 4.79 Å². The number of imidazole rings is 1. The lowest BCUT2D eigenvalue weighted by atomic mass is 9.92. The zero-order chi connectivity index (χ0) is 19.1. The van der Waals surface area contributed by atoms with Crippen molar-refractivity contribution in [3.63, 3.8) is 0 Å². The first-order valence-electron chi connectivity index (χ1n) is 8.01. The van der Waals surface area contributed by atoms with Gasteiger partial charge in [0.15, 0.2) is 11.5 Å². The van der Waals surface area contributed by atoms with Crippen LogP contribution in [-0.2, 0) is 0 Å². The standard InChI is InChI=1S/C18H13BFN5O2/c1-9-7-25-8-10(5-13(20)17(25)22-9)23-18(26)11-3-4-12(19)16-15(11)24-14(27-2)6-21-16/h3-8H,1-2H3,(H,23,26). The van der Waals surface area contributed by atoms with Crippen molar-refractivity contribution in [1.29, 1.82) is 0 Å². The van der Waals surface area contributed by atoms with Crippen LogP contribution in [-0.4, -0.2) is 40.2 Å². The molecule has 3 heterocycles. The van der Waals surface area contributed by atoms with E-state index in [4.69, 9.17) is 12.6 Å². The van der Waals surface area contributed by atoms with Crippen molar-refractivity contribution < 1.29 is 13.9 Å². The number of nitrogens with one attached hydrogen (secondary N) is 1. The molecule has 4 aromatic rings. The highest BCUT2D eigenvalue weighted by molar-refractivity contribution is 6.38. The molecule has 0 aliphatic heterocycles. The SMILES string of the molecule is [B]c1ccc(C(=O)Nc2cc(F)c3nc(C)cn3c2)c2nc(OC)cnc12. The van der Waals surface area contributed by atoms with Gasteiger partial charge in [0.05, 0.1) is 35.8 Å². The molecule has 27 heavy (non-hydrogen) atoms. The molecule has 1 N–H and O–H groups in total. The molecule has 2 radical (unpaired) electrons. The molecule has 0 spiro atoms. The Morgan fingerprint density at radius 2 is 2.07 bits per heavy atom. The monoisotopic (exact) mass is 361 g/mol. The number of carbonyl (C=O) groups excluding carboxylic acids is 1. The molecule has 0 saturated carbocycles. The van der Waals surface area contributed by atoms with E-state index in [-0.39, 0.29) is 22.8 Å². The van der Waals surface area contributed by atoms with E-state index in [0.717, 1.165) is 0 Å². The predicted molar refractivity (Wildman–Crippen MR) is 99.3 cm³/mol. The van der Waals surface area contributed by atoms with Gasteiger partial charge in [0, 0.05) is 18.5 Å². The number of nitrogens with zero attached hydrogens (tertiary/aromatic N) is 4. The average molecular weight is 361 g/mol.